The molecule has 12 heteroatoms. The molecule has 5 atom stereocenters. The van der Waals surface area contributed by atoms with E-state index in [1.165, 1.54) is 6.92 Å². The highest BCUT2D eigenvalue weighted by Crippen LogP contribution is 2.28. The second-order valence-corrected chi connectivity index (χ2v) is 6.58. The van der Waals surface area contributed by atoms with Gasteiger partial charge in [-0.15, -0.1) is 0 Å². The van der Waals surface area contributed by atoms with Crippen molar-refractivity contribution in [3.05, 3.63) is 0 Å². The van der Waals surface area contributed by atoms with Crippen molar-refractivity contribution in [1.29, 1.82) is 0 Å². The molecule has 168 valence electrons. The van der Waals surface area contributed by atoms with E-state index in [1.54, 1.807) is 0 Å². The van der Waals surface area contributed by atoms with Gasteiger partial charge in [-0.3, -0.25) is 28.8 Å². The summed E-state index contributed by atoms with van der Waals surface area (Å²) in [5.41, 5.74) is 0. The van der Waals surface area contributed by atoms with E-state index in [0.29, 0.717) is 0 Å². The SMILES string of the molecule is CC(=O)CC(=O)NC1C(OC(C)=O)OC(COC(C)=O)C(OC(C)=O)C1OC(C)=O. The zero-order valence-electron chi connectivity index (χ0n) is 17.3. The van der Waals surface area contributed by atoms with Crippen molar-refractivity contribution < 1.29 is 52.5 Å². The number of hydrogen-bond donors (Lipinski definition) is 1. The predicted octanol–water partition coefficient (Wildman–Crippen LogP) is -0.835. The molecule has 1 amide bonds. The van der Waals surface area contributed by atoms with Gasteiger partial charge in [-0.2, -0.15) is 0 Å². The average molecular weight is 431 g/mol. The summed E-state index contributed by atoms with van der Waals surface area (Å²) in [4.78, 5) is 69.5. The number of carbonyl (C=O) groups excluding carboxylic acids is 6. The number of esters is 4. The Kier molecular flexibility index (Phi) is 9.37. The topological polar surface area (TPSA) is 161 Å². The fourth-order valence-corrected chi connectivity index (χ4v) is 2.78. The summed E-state index contributed by atoms with van der Waals surface area (Å²) in [6.07, 6.45) is -5.87. The maximum Gasteiger partial charge on any atom is 0.305 e. The van der Waals surface area contributed by atoms with Gasteiger partial charge in [0, 0.05) is 27.7 Å². The Morgan fingerprint density at radius 2 is 1.30 bits per heavy atom. The number of ketones is 1. The molecule has 0 aromatic carbocycles. The number of rotatable bonds is 8. The van der Waals surface area contributed by atoms with E-state index in [9.17, 15) is 28.8 Å². The number of ether oxygens (including phenoxy) is 5. The maximum absolute atomic E-state index is 12.2. The van der Waals surface area contributed by atoms with Gasteiger partial charge in [-0.05, 0) is 6.92 Å². The largest absolute Gasteiger partial charge is 0.463 e. The fraction of sp³-hybridized carbons (Fsp3) is 0.667. The van der Waals surface area contributed by atoms with E-state index >= 15 is 0 Å². The zero-order chi connectivity index (χ0) is 23.0. The van der Waals surface area contributed by atoms with Crippen LogP contribution in [0.4, 0.5) is 0 Å². The molecule has 0 radical (unpaired) electrons. The normalized spacial score (nSPS) is 25.4. The lowest BCUT2D eigenvalue weighted by molar-refractivity contribution is -0.271. The van der Waals surface area contributed by atoms with Crippen LogP contribution in [-0.2, 0) is 52.5 Å². The molecule has 1 rings (SSSR count). The summed E-state index contributed by atoms with van der Waals surface area (Å²) in [7, 11) is 0. The van der Waals surface area contributed by atoms with Gasteiger partial charge in [0.2, 0.25) is 12.2 Å². The third-order valence-electron chi connectivity index (χ3n) is 3.72. The summed E-state index contributed by atoms with van der Waals surface area (Å²) in [6.45, 7) is 5.17. The third kappa shape index (κ3) is 8.15. The maximum atomic E-state index is 12.2. The van der Waals surface area contributed by atoms with Crippen molar-refractivity contribution in [2.75, 3.05) is 6.61 Å². The molecule has 0 aliphatic carbocycles. The predicted molar refractivity (Wildman–Crippen MR) is 95.4 cm³/mol. The molecule has 0 spiro atoms. The third-order valence-corrected chi connectivity index (χ3v) is 3.72. The number of hydrogen-bond acceptors (Lipinski definition) is 11. The molecule has 1 fully saturated rings. The minimum absolute atomic E-state index is 0.420. The Hall–Kier alpha value is -3.02. The van der Waals surface area contributed by atoms with Crippen molar-refractivity contribution in [2.45, 2.75) is 71.7 Å². The minimum Gasteiger partial charge on any atom is -0.463 e. The van der Waals surface area contributed by atoms with Crippen LogP contribution >= 0.6 is 0 Å². The quantitative estimate of drug-likeness (QED) is 0.290. The molecule has 1 N–H and O–H groups in total. The van der Waals surface area contributed by atoms with Crippen LogP contribution in [0.1, 0.15) is 41.0 Å². The molecule has 1 aliphatic rings. The monoisotopic (exact) mass is 431 g/mol. The first-order valence-corrected chi connectivity index (χ1v) is 9.00. The lowest BCUT2D eigenvalue weighted by Gasteiger charge is -2.44. The number of Topliss-reactive ketones (excluding diaryl/α,β-unsaturated/α-hetero) is 1. The summed E-state index contributed by atoms with van der Waals surface area (Å²) in [5.74, 6) is -4.22. The Morgan fingerprint density at radius 3 is 1.77 bits per heavy atom. The molecule has 0 aromatic rings. The zero-order valence-corrected chi connectivity index (χ0v) is 17.3. The summed E-state index contributed by atoms with van der Waals surface area (Å²) < 4.78 is 26.0. The molecule has 12 nitrogen and oxygen atoms in total. The molecular formula is C18H25NO11. The highest BCUT2D eigenvalue weighted by Gasteiger charge is 2.52. The molecule has 1 aliphatic heterocycles. The lowest BCUT2D eigenvalue weighted by Crippen LogP contribution is -2.67. The van der Waals surface area contributed by atoms with Crippen LogP contribution < -0.4 is 5.32 Å². The van der Waals surface area contributed by atoms with Gasteiger partial charge in [0.25, 0.3) is 0 Å². The van der Waals surface area contributed by atoms with Crippen molar-refractivity contribution in [2.24, 2.45) is 0 Å². The van der Waals surface area contributed by atoms with Gasteiger partial charge in [-0.25, -0.2) is 0 Å². The van der Waals surface area contributed by atoms with Crippen LogP contribution in [0.3, 0.4) is 0 Å². The van der Waals surface area contributed by atoms with E-state index in [4.69, 9.17) is 23.7 Å². The number of carbonyl (C=O) groups is 6. The van der Waals surface area contributed by atoms with Crippen LogP contribution in [0.2, 0.25) is 0 Å². The van der Waals surface area contributed by atoms with E-state index < -0.39 is 79.2 Å². The lowest BCUT2D eigenvalue weighted by atomic mass is 9.95. The molecular weight excluding hydrogens is 406 g/mol. The van der Waals surface area contributed by atoms with Gasteiger partial charge in [0.15, 0.2) is 12.2 Å². The first kappa shape index (κ1) is 25.0. The van der Waals surface area contributed by atoms with E-state index in [0.717, 1.165) is 27.7 Å². The first-order chi connectivity index (χ1) is 13.9. The Balaban J connectivity index is 3.33. The molecule has 5 unspecified atom stereocenters. The molecule has 30 heavy (non-hydrogen) atoms. The van der Waals surface area contributed by atoms with Gasteiger partial charge in [-0.1, -0.05) is 0 Å². The fourth-order valence-electron chi connectivity index (χ4n) is 2.78. The molecule has 0 bridgehead atoms. The second kappa shape index (κ2) is 11.2. The van der Waals surface area contributed by atoms with Crippen LogP contribution in [0, 0.1) is 0 Å². The Morgan fingerprint density at radius 1 is 0.767 bits per heavy atom. The van der Waals surface area contributed by atoms with Crippen molar-refractivity contribution in [3.8, 4) is 0 Å². The van der Waals surface area contributed by atoms with Crippen LogP contribution in [0.25, 0.3) is 0 Å². The smallest absolute Gasteiger partial charge is 0.305 e. The van der Waals surface area contributed by atoms with Gasteiger partial charge in [0.1, 0.15) is 24.5 Å². The second-order valence-electron chi connectivity index (χ2n) is 6.58. The minimum atomic E-state index is -1.49. The number of nitrogens with one attached hydrogen (secondary N) is 1. The highest BCUT2D eigenvalue weighted by molar-refractivity contribution is 5.96. The van der Waals surface area contributed by atoms with Gasteiger partial charge >= 0.3 is 23.9 Å². The summed E-state index contributed by atoms with van der Waals surface area (Å²) >= 11 is 0. The highest BCUT2D eigenvalue weighted by atomic mass is 16.7. The first-order valence-electron chi connectivity index (χ1n) is 9.00. The molecule has 1 saturated heterocycles. The Bertz CT molecular complexity index is 704. The van der Waals surface area contributed by atoms with Crippen LogP contribution in [0.15, 0.2) is 0 Å². The van der Waals surface area contributed by atoms with Crippen molar-refractivity contribution >= 4 is 35.6 Å². The number of amides is 1. The van der Waals surface area contributed by atoms with Crippen molar-refractivity contribution in [1.82, 2.24) is 5.32 Å². The van der Waals surface area contributed by atoms with E-state index in [1.807, 2.05) is 0 Å². The average Bonchev–Trinajstić information content (AvgIpc) is 2.56. The molecule has 1 heterocycles. The van der Waals surface area contributed by atoms with Crippen molar-refractivity contribution in [3.63, 3.8) is 0 Å². The summed E-state index contributed by atoms with van der Waals surface area (Å²) in [6, 6.07) is -1.32. The van der Waals surface area contributed by atoms with Crippen LogP contribution in [-0.4, -0.2) is 72.8 Å². The van der Waals surface area contributed by atoms with Gasteiger partial charge in [0.05, 0.1) is 6.42 Å². The molecule has 0 aromatic heterocycles. The van der Waals surface area contributed by atoms with E-state index in [2.05, 4.69) is 5.32 Å². The standard InChI is InChI=1S/C18H25NO11/c1-8(20)6-14(25)19-15-17(28-11(4)23)16(27-10(3)22)13(7-26-9(2)21)30-18(15)29-12(5)24/h13,15-18H,6-7H2,1-5H3,(H,19,25). The van der Waals surface area contributed by atoms with E-state index in [-0.39, 0.29) is 0 Å². The Labute approximate surface area is 172 Å². The van der Waals surface area contributed by atoms with Crippen LogP contribution in [0.5, 0.6) is 0 Å². The molecule has 0 saturated carbocycles. The van der Waals surface area contributed by atoms with Gasteiger partial charge < -0.3 is 29.0 Å². The summed E-state index contributed by atoms with van der Waals surface area (Å²) in [5, 5.41) is 2.41.